The Balaban J connectivity index is 2.00. The maximum atomic E-state index is 9.84. The van der Waals surface area contributed by atoms with Crippen molar-refractivity contribution in [2.75, 3.05) is 0 Å². The van der Waals surface area contributed by atoms with Crippen LogP contribution in [0.4, 0.5) is 0 Å². The van der Waals surface area contributed by atoms with E-state index in [1.807, 2.05) is 23.6 Å². The van der Waals surface area contributed by atoms with Crippen LogP contribution in [0.15, 0.2) is 34.2 Å². The van der Waals surface area contributed by atoms with Gasteiger partial charge >= 0.3 is 0 Å². The van der Waals surface area contributed by atoms with Crippen molar-refractivity contribution in [2.24, 2.45) is 0 Å². The molecule has 0 amide bonds. The second-order valence-electron chi connectivity index (χ2n) is 3.72. The summed E-state index contributed by atoms with van der Waals surface area (Å²) >= 11 is 4.93. The topological polar surface area (TPSA) is 45.1 Å². The van der Waals surface area contributed by atoms with E-state index in [2.05, 4.69) is 33.2 Å². The summed E-state index contributed by atoms with van der Waals surface area (Å²) in [6.07, 6.45) is 1.80. The standard InChI is InChI=1S/C12H13BrN2OS/c1-8(12-14-5-6-17-12)15-7-9-3-2-4-10(13)11(9)16/h2-6,8,15-16H,7H2,1H3. The summed E-state index contributed by atoms with van der Waals surface area (Å²) in [6.45, 7) is 2.68. The maximum Gasteiger partial charge on any atom is 0.134 e. The molecule has 1 heterocycles. The fraction of sp³-hybridized carbons (Fsp3) is 0.250. The van der Waals surface area contributed by atoms with Crippen LogP contribution in [0.3, 0.4) is 0 Å². The van der Waals surface area contributed by atoms with Gasteiger partial charge in [0.2, 0.25) is 0 Å². The molecule has 0 saturated heterocycles. The van der Waals surface area contributed by atoms with Crippen molar-refractivity contribution in [2.45, 2.75) is 19.5 Å². The lowest BCUT2D eigenvalue weighted by atomic mass is 10.2. The number of para-hydroxylation sites is 1. The van der Waals surface area contributed by atoms with Crippen molar-refractivity contribution in [3.8, 4) is 5.75 Å². The number of aromatic nitrogens is 1. The number of thiazole rings is 1. The molecule has 0 spiro atoms. The number of nitrogens with one attached hydrogen (secondary N) is 1. The van der Waals surface area contributed by atoms with Crippen molar-refractivity contribution in [3.63, 3.8) is 0 Å². The molecule has 17 heavy (non-hydrogen) atoms. The number of nitrogens with zero attached hydrogens (tertiary/aromatic N) is 1. The second-order valence-corrected chi connectivity index (χ2v) is 5.50. The number of aromatic hydroxyl groups is 1. The third-order valence-electron chi connectivity index (χ3n) is 2.49. The van der Waals surface area contributed by atoms with Gasteiger partial charge in [-0.05, 0) is 28.9 Å². The molecule has 0 saturated carbocycles. The van der Waals surface area contributed by atoms with Gasteiger partial charge in [-0.15, -0.1) is 11.3 Å². The van der Waals surface area contributed by atoms with Crippen molar-refractivity contribution in [1.82, 2.24) is 10.3 Å². The molecule has 1 atom stereocenters. The van der Waals surface area contributed by atoms with Gasteiger partial charge in [-0.2, -0.15) is 0 Å². The number of hydrogen-bond donors (Lipinski definition) is 2. The number of phenols is 1. The molecule has 0 fully saturated rings. The molecule has 90 valence electrons. The lowest BCUT2D eigenvalue weighted by Gasteiger charge is -2.12. The predicted octanol–water partition coefficient (Wildman–Crippen LogP) is 3.46. The molecule has 1 aromatic heterocycles. The summed E-state index contributed by atoms with van der Waals surface area (Å²) in [5, 5.41) is 16.2. The lowest BCUT2D eigenvalue weighted by Crippen LogP contribution is -2.17. The van der Waals surface area contributed by atoms with E-state index in [0.717, 1.165) is 15.0 Å². The van der Waals surface area contributed by atoms with Gasteiger partial charge in [0.05, 0.1) is 10.5 Å². The van der Waals surface area contributed by atoms with Gasteiger partial charge in [-0.25, -0.2) is 4.98 Å². The summed E-state index contributed by atoms with van der Waals surface area (Å²) < 4.78 is 0.721. The zero-order valence-electron chi connectivity index (χ0n) is 9.35. The van der Waals surface area contributed by atoms with Gasteiger partial charge in [-0.1, -0.05) is 12.1 Å². The fourth-order valence-electron chi connectivity index (χ4n) is 1.50. The van der Waals surface area contributed by atoms with E-state index < -0.39 is 0 Å². The highest BCUT2D eigenvalue weighted by Gasteiger charge is 2.09. The Morgan fingerprint density at radius 2 is 2.35 bits per heavy atom. The van der Waals surface area contributed by atoms with E-state index in [9.17, 15) is 5.11 Å². The Labute approximate surface area is 113 Å². The molecular formula is C12H13BrN2OS. The molecular weight excluding hydrogens is 300 g/mol. The fourth-order valence-corrected chi connectivity index (χ4v) is 2.58. The predicted molar refractivity (Wildman–Crippen MR) is 73.2 cm³/mol. The maximum absolute atomic E-state index is 9.84. The number of benzene rings is 1. The summed E-state index contributed by atoms with van der Waals surface area (Å²) in [5.74, 6) is 0.298. The van der Waals surface area contributed by atoms with Crippen molar-refractivity contribution in [1.29, 1.82) is 0 Å². The molecule has 2 aromatic rings. The van der Waals surface area contributed by atoms with E-state index >= 15 is 0 Å². The normalized spacial score (nSPS) is 12.6. The summed E-state index contributed by atoms with van der Waals surface area (Å²) in [4.78, 5) is 4.25. The SMILES string of the molecule is CC(NCc1cccc(Br)c1O)c1nccs1. The molecule has 0 aliphatic carbocycles. The lowest BCUT2D eigenvalue weighted by molar-refractivity contribution is 0.457. The Kier molecular flexibility index (Phi) is 4.15. The number of hydrogen-bond acceptors (Lipinski definition) is 4. The zero-order chi connectivity index (χ0) is 12.3. The van der Waals surface area contributed by atoms with Gasteiger partial charge in [0.15, 0.2) is 0 Å². The minimum absolute atomic E-state index is 0.188. The number of rotatable bonds is 4. The van der Waals surface area contributed by atoms with Crippen LogP contribution in [0.1, 0.15) is 23.5 Å². The first-order valence-corrected chi connectivity index (χ1v) is 6.95. The van der Waals surface area contributed by atoms with E-state index in [0.29, 0.717) is 12.3 Å². The highest BCUT2D eigenvalue weighted by atomic mass is 79.9. The average Bonchev–Trinajstić information content (AvgIpc) is 2.84. The van der Waals surface area contributed by atoms with Crippen LogP contribution in [0.2, 0.25) is 0 Å². The van der Waals surface area contributed by atoms with E-state index in [1.54, 1.807) is 17.5 Å². The zero-order valence-corrected chi connectivity index (χ0v) is 11.8. The summed E-state index contributed by atoms with van der Waals surface area (Å²) in [7, 11) is 0. The van der Waals surface area contributed by atoms with E-state index in [1.165, 1.54) is 0 Å². The Morgan fingerprint density at radius 3 is 3.06 bits per heavy atom. The number of phenolic OH excluding ortho intramolecular Hbond substituents is 1. The van der Waals surface area contributed by atoms with Gasteiger partial charge in [0, 0.05) is 23.7 Å². The second kappa shape index (κ2) is 5.62. The van der Waals surface area contributed by atoms with E-state index in [4.69, 9.17) is 0 Å². The molecule has 0 aliphatic rings. The van der Waals surface area contributed by atoms with Crippen LogP contribution in [0.25, 0.3) is 0 Å². The minimum atomic E-state index is 0.188. The molecule has 1 unspecified atom stereocenters. The van der Waals surface area contributed by atoms with Crippen LogP contribution in [-0.2, 0) is 6.54 Å². The summed E-state index contributed by atoms with van der Waals surface area (Å²) in [6, 6.07) is 5.83. The first kappa shape index (κ1) is 12.5. The number of halogens is 1. The van der Waals surface area contributed by atoms with Gasteiger partial charge < -0.3 is 10.4 Å². The highest BCUT2D eigenvalue weighted by molar-refractivity contribution is 9.10. The molecule has 0 radical (unpaired) electrons. The van der Waals surface area contributed by atoms with Crippen molar-refractivity contribution >= 4 is 27.3 Å². The van der Waals surface area contributed by atoms with Crippen LogP contribution >= 0.6 is 27.3 Å². The molecule has 0 bridgehead atoms. The largest absolute Gasteiger partial charge is 0.506 e. The highest BCUT2D eigenvalue weighted by Crippen LogP contribution is 2.27. The van der Waals surface area contributed by atoms with Gasteiger partial charge in [0.1, 0.15) is 10.8 Å². The van der Waals surface area contributed by atoms with Crippen molar-refractivity contribution in [3.05, 3.63) is 44.8 Å². The van der Waals surface area contributed by atoms with Gasteiger partial charge in [-0.3, -0.25) is 0 Å². The Hall–Kier alpha value is -0.910. The van der Waals surface area contributed by atoms with Crippen LogP contribution in [0, 0.1) is 0 Å². The van der Waals surface area contributed by atoms with Crippen LogP contribution in [-0.4, -0.2) is 10.1 Å². The van der Waals surface area contributed by atoms with Crippen LogP contribution < -0.4 is 5.32 Å². The molecule has 5 heteroatoms. The third kappa shape index (κ3) is 3.06. The van der Waals surface area contributed by atoms with E-state index in [-0.39, 0.29) is 6.04 Å². The van der Waals surface area contributed by atoms with Crippen molar-refractivity contribution < 1.29 is 5.11 Å². The Morgan fingerprint density at radius 1 is 1.53 bits per heavy atom. The van der Waals surface area contributed by atoms with Crippen LogP contribution in [0.5, 0.6) is 5.75 Å². The quantitative estimate of drug-likeness (QED) is 0.908. The van der Waals surface area contributed by atoms with Gasteiger partial charge in [0.25, 0.3) is 0 Å². The molecule has 0 aliphatic heterocycles. The summed E-state index contributed by atoms with van der Waals surface area (Å²) in [5.41, 5.74) is 0.878. The third-order valence-corrected chi connectivity index (χ3v) is 4.09. The minimum Gasteiger partial charge on any atom is -0.506 e. The first-order chi connectivity index (χ1) is 8.18. The molecule has 2 N–H and O–H groups in total. The molecule has 3 nitrogen and oxygen atoms in total. The smallest absolute Gasteiger partial charge is 0.134 e. The average molecular weight is 313 g/mol. The first-order valence-electron chi connectivity index (χ1n) is 5.27. The molecule has 2 rings (SSSR count). The molecule has 1 aromatic carbocycles. The monoisotopic (exact) mass is 312 g/mol. The Bertz CT molecular complexity index is 487.